The molecule has 0 aliphatic heterocycles. The van der Waals surface area contributed by atoms with Crippen LogP contribution >= 0.6 is 0 Å². The van der Waals surface area contributed by atoms with E-state index >= 15 is 0 Å². The second-order valence-corrected chi connectivity index (χ2v) is 5.95. The first kappa shape index (κ1) is 14.9. The molecular weight excluding hydrogens is 299 g/mol. The number of hydrogen-bond donors (Lipinski definition) is 1. The Hall–Kier alpha value is -2.49. The zero-order chi connectivity index (χ0) is 15.6. The van der Waals surface area contributed by atoms with E-state index in [2.05, 4.69) is 14.5 Å². The molecule has 0 fully saturated rings. The minimum absolute atomic E-state index is 0.0796. The molecule has 0 unspecified atom stereocenters. The second kappa shape index (κ2) is 5.48. The van der Waals surface area contributed by atoms with Gasteiger partial charge in [-0.15, -0.1) is 4.40 Å². The lowest BCUT2D eigenvalue weighted by Crippen LogP contribution is -2.12. The molecule has 2 aromatic rings. The van der Waals surface area contributed by atoms with E-state index in [1.54, 1.807) is 14.1 Å². The van der Waals surface area contributed by atoms with E-state index in [1.807, 2.05) is 0 Å². The highest BCUT2D eigenvalue weighted by atomic mass is 32.2. The molecule has 0 aliphatic rings. The second-order valence-electron chi connectivity index (χ2n) is 4.35. The fraction of sp³-hybridized carbons (Fsp3) is 0.182. The van der Waals surface area contributed by atoms with Gasteiger partial charge in [-0.1, -0.05) is 0 Å². The Balaban J connectivity index is 2.60. The predicted molar refractivity (Wildman–Crippen MR) is 75.1 cm³/mol. The standard InChI is InChI=1S/C11H13FN6O2S/c1-17(2)7-16-21(19,20)10-3-9(13)5-14-11(10)18-6-8(12)4-15-18/h3-7H,13H2,1-2H3/b16-7+. The van der Waals surface area contributed by atoms with Crippen LogP contribution < -0.4 is 5.73 Å². The molecule has 21 heavy (non-hydrogen) atoms. The Kier molecular flexibility index (Phi) is 3.89. The topological polar surface area (TPSA) is 106 Å². The molecule has 0 saturated heterocycles. The number of nitrogen functional groups attached to an aromatic ring is 1. The van der Waals surface area contributed by atoms with Crippen molar-refractivity contribution in [2.24, 2.45) is 4.40 Å². The van der Waals surface area contributed by atoms with Gasteiger partial charge in [-0.3, -0.25) is 0 Å². The van der Waals surface area contributed by atoms with Crippen molar-refractivity contribution in [3.8, 4) is 5.82 Å². The fourth-order valence-corrected chi connectivity index (χ4v) is 2.53. The molecule has 0 radical (unpaired) electrons. The Morgan fingerprint density at radius 1 is 1.43 bits per heavy atom. The molecule has 10 heteroatoms. The van der Waals surface area contributed by atoms with Gasteiger partial charge in [-0.25, -0.2) is 14.1 Å². The van der Waals surface area contributed by atoms with Crippen molar-refractivity contribution in [3.05, 3.63) is 30.5 Å². The zero-order valence-electron chi connectivity index (χ0n) is 11.3. The quantitative estimate of drug-likeness (QED) is 0.641. The summed E-state index contributed by atoms with van der Waals surface area (Å²) in [5.74, 6) is -0.697. The average molecular weight is 312 g/mol. The molecular formula is C11H13FN6O2S. The van der Waals surface area contributed by atoms with Gasteiger partial charge < -0.3 is 10.6 Å². The Morgan fingerprint density at radius 2 is 2.14 bits per heavy atom. The molecule has 0 amide bonds. The summed E-state index contributed by atoms with van der Waals surface area (Å²) in [6, 6.07) is 1.20. The van der Waals surface area contributed by atoms with Crippen LogP contribution in [-0.2, 0) is 10.0 Å². The van der Waals surface area contributed by atoms with Crippen molar-refractivity contribution in [3.63, 3.8) is 0 Å². The van der Waals surface area contributed by atoms with Gasteiger partial charge in [0.05, 0.1) is 24.3 Å². The first-order valence-electron chi connectivity index (χ1n) is 5.72. The molecule has 0 saturated carbocycles. The lowest BCUT2D eigenvalue weighted by molar-refractivity contribution is 0.592. The third kappa shape index (κ3) is 3.34. The maximum absolute atomic E-state index is 13.1. The predicted octanol–water partition coefficient (Wildman–Crippen LogP) is 0.267. The van der Waals surface area contributed by atoms with Gasteiger partial charge in [0.2, 0.25) is 0 Å². The molecule has 0 aliphatic carbocycles. The summed E-state index contributed by atoms with van der Waals surface area (Å²) < 4.78 is 42.0. The van der Waals surface area contributed by atoms with E-state index in [1.165, 1.54) is 17.2 Å². The van der Waals surface area contributed by atoms with Gasteiger partial charge in [0.15, 0.2) is 11.6 Å². The molecule has 0 bridgehead atoms. The van der Waals surface area contributed by atoms with Crippen LogP contribution in [0.25, 0.3) is 5.82 Å². The van der Waals surface area contributed by atoms with Gasteiger partial charge in [0.25, 0.3) is 10.0 Å². The summed E-state index contributed by atoms with van der Waals surface area (Å²) in [7, 11) is -0.795. The Bertz CT molecular complexity index is 784. The highest BCUT2D eigenvalue weighted by Gasteiger charge is 2.21. The maximum Gasteiger partial charge on any atom is 0.287 e. The fourth-order valence-electron chi connectivity index (χ4n) is 1.44. The Morgan fingerprint density at radius 3 is 2.71 bits per heavy atom. The van der Waals surface area contributed by atoms with Gasteiger partial charge in [0, 0.05) is 14.1 Å². The third-order valence-electron chi connectivity index (χ3n) is 2.32. The first-order valence-corrected chi connectivity index (χ1v) is 7.16. The molecule has 0 atom stereocenters. The summed E-state index contributed by atoms with van der Waals surface area (Å²) in [4.78, 5) is 5.10. The van der Waals surface area contributed by atoms with Crippen LogP contribution in [0.2, 0.25) is 0 Å². The summed E-state index contributed by atoms with van der Waals surface area (Å²) in [6.45, 7) is 0. The molecule has 2 N–H and O–H groups in total. The van der Waals surface area contributed by atoms with Crippen molar-refractivity contribution in [2.75, 3.05) is 19.8 Å². The minimum atomic E-state index is -4.05. The summed E-state index contributed by atoms with van der Waals surface area (Å²) in [6.07, 6.45) is 4.33. The number of hydrogen-bond acceptors (Lipinski definition) is 5. The van der Waals surface area contributed by atoms with E-state index in [-0.39, 0.29) is 16.4 Å². The van der Waals surface area contributed by atoms with E-state index in [4.69, 9.17) is 5.73 Å². The lowest BCUT2D eigenvalue weighted by Gasteiger charge is -2.08. The van der Waals surface area contributed by atoms with Crippen molar-refractivity contribution in [2.45, 2.75) is 4.90 Å². The van der Waals surface area contributed by atoms with E-state index in [0.717, 1.165) is 23.4 Å². The molecule has 2 heterocycles. The number of aromatic nitrogens is 3. The van der Waals surface area contributed by atoms with Crippen molar-refractivity contribution < 1.29 is 12.8 Å². The van der Waals surface area contributed by atoms with Crippen molar-refractivity contribution >= 4 is 22.0 Å². The third-order valence-corrected chi connectivity index (χ3v) is 3.54. The molecule has 2 aromatic heterocycles. The number of halogens is 1. The van der Waals surface area contributed by atoms with Crippen LogP contribution in [-0.4, -0.2) is 48.5 Å². The molecule has 8 nitrogen and oxygen atoms in total. The van der Waals surface area contributed by atoms with Crippen molar-refractivity contribution in [1.82, 2.24) is 19.7 Å². The van der Waals surface area contributed by atoms with Crippen LogP contribution in [0, 0.1) is 5.82 Å². The maximum atomic E-state index is 13.1. The largest absolute Gasteiger partial charge is 0.397 e. The van der Waals surface area contributed by atoms with E-state index in [0.29, 0.717) is 0 Å². The molecule has 0 spiro atoms. The molecule has 112 valence electrons. The molecule has 0 aromatic carbocycles. The van der Waals surface area contributed by atoms with Crippen LogP contribution in [0.1, 0.15) is 0 Å². The molecule has 2 rings (SSSR count). The van der Waals surface area contributed by atoms with Crippen molar-refractivity contribution in [1.29, 1.82) is 0 Å². The van der Waals surface area contributed by atoms with Crippen LogP contribution in [0.3, 0.4) is 0 Å². The van der Waals surface area contributed by atoms with Gasteiger partial charge in [-0.05, 0) is 6.07 Å². The lowest BCUT2D eigenvalue weighted by atomic mass is 10.4. The van der Waals surface area contributed by atoms with Crippen LogP contribution in [0.5, 0.6) is 0 Å². The Labute approximate surface area is 120 Å². The number of nitrogens with zero attached hydrogens (tertiary/aromatic N) is 5. The van der Waals surface area contributed by atoms with Gasteiger partial charge >= 0.3 is 0 Å². The highest BCUT2D eigenvalue weighted by molar-refractivity contribution is 7.90. The summed E-state index contributed by atoms with van der Waals surface area (Å²) >= 11 is 0. The summed E-state index contributed by atoms with van der Waals surface area (Å²) in [5.41, 5.74) is 5.71. The van der Waals surface area contributed by atoms with Crippen LogP contribution in [0.15, 0.2) is 34.0 Å². The smallest absolute Gasteiger partial charge is 0.287 e. The number of anilines is 1. The summed E-state index contributed by atoms with van der Waals surface area (Å²) in [5, 5.41) is 3.70. The number of rotatable bonds is 4. The van der Waals surface area contributed by atoms with E-state index < -0.39 is 15.8 Å². The monoisotopic (exact) mass is 312 g/mol. The first-order chi connectivity index (χ1) is 9.79. The van der Waals surface area contributed by atoms with Gasteiger partial charge in [-0.2, -0.15) is 13.5 Å². The van der Waals surface area contributed by atoms with E-state index in [9.17, 15) is 12.8 Å². The average Bonchev–Trinajstić information content (AvgIpc) is 2.83. The van der Waals surface area contributed by atoms with Crippen LogP contribution in [0.4, 0.5) is 10.1 Å². The zero-order valence-corrected chi connectivity index (χ0v) is 12.1. The SMILES string of the molecule is CN(C)/C=N/S(=O)(=O)c1cc(N)cnc1-n1cc(F)cn1. The number of pyridine rings is 1. The number of nitrogens with two attached hydrogens (primary N) is 1. The highest BCUT2D eigenvalue weighted by Crippen LogP contribution is 2.22. The number of sulfonamides is 1. The van der Waals surface area contributed by atoms with Gasteiger partial charge in [0.1, 0.15) is 11.2 Å². The minimum Gasteiger partial charge on any atom is -0.397 e. The normalized spacial score (nSPS) is 12.0.